The molecule has 0 radical (unpaired) electrons. The summed E-state index contributed by atoms with van der Waals surface area (Å²) in [7, 11) is 0. The van der Waals surface area contributed by atoms with Crippen LogP contribution in [0.3, 0.4) is 0 Å². The molecule has 2 aromatic rings. The second-order valence-electron chi connectivity index (χ2n) is 4.47. The highest BCUT2D eigenvalue weighted by Crippen LogP contribution is 2.23. The van der Waals surface area contributed by atoms with Crippen LogP contribution in [0, 0.1) is 0 Å². The number of carbonyl (C=O) groups is 1. The van der Waals surface area contributed by atoms with E-state index in [9.17, 15) is 4.79 Å². The van der Waals surface area contributed by atoms with Crippen molar-refractivity contribution in [3.8, 4) is 0 Å². The molecule has 1 aliphatic rings. The van der Waals surface area contributed by atoms with Crippen molar-refractivity contribution in [2.45, 2.75) is 12.5 Å². The lowest BCUT2D eigenvalue weighted by Gasteiger charge is -2.15. The molecule has 1 fully saturated rings. The molecule has 18 heavy (non-hydrogen) atoms. The van der Waals surface area contributed by atoms with E-state index in [1.54, 1.807) is 11.3 Å². The van der Waals surface area contributed by atoms with Gasteiger partial charge in [-0.3, -0.25) is 4.79 Å². The van der Waals surface area contributed by atoms with Crippen molar-refractivity contribution in [1.82, 2.24) is 4.90 Å². The van der Waals surface area contributed by atoms with Gasteiger partial charge >= 0.3 is 0 Å². The molecule has 0 bridgehead atoms. The van der Waals surface area contributed by atoms with Crippen molar-refractivity contribution < 1.29 is 4.79 Å². The lowest BCUT2D eigenvalue weighted by Crippen LogP contribution is -2.31. The number of thiophene rings is 1. The lowest BCUT2D eigenvalue weighted by molar-refractivity contribution is 0.0791. The Labute approximate surface area is 116 Å². The van der Waals surface area contributed by atoms with Gasteiger partial charge in [-0.1, -0.05) is 0 Å². The number of hydrogen-bond acceptors (Lipinski definition) is 3. The zero-order chi connectivity index (χ0) is 11.8. The van der Waals surface area contributed by atoms with Gasteiger partial charge in [-0.2, -0.15) is 0 Å². The van der Waals surface area contributed by atoms with Gasteiger partial charge in [0.1, 0.15) is 0 Å². The fourth-order valence-electron chi connectivity index (χ4n) is 2.25. The van der Waals surface area contributed by atoms with E-state index in [1.165, 1.54) is 4.70 Å². The van der Waals surface area contributed by atoms with Crippen molar-refractivity contribution >= 4 is 39.7 Å². The average Bonchev–Trinajstić information content (AvgIpc) is 2.95. The Morgan fingerprint density at radius 1 is 1.39 bits per heavy atom. The molecule has 1 unspecified atom stereocenters. The van der Waals surface area contributed by atoms with Crippen LogP contribution in [-0.2, 0) is 0 Å². The highest BCUT2D eigenvalue weighted by atomic mass is 35.5. The number of halogens is 1. The molecule has 1 aromatic carbocycles. The average molecular weight is 283 g/mol. The van der Waals surface area contributed by atoms with E-state index in [2.05, 4.69) is 0 Å². The number of benzene rings is 1. The topological polar surface area (TPSA) is 46.3 Å². The molecule has 2 N–H and O–H groups in total. The van der Waals surface area contributed by atoms with Crippen LogP contribution in [0.2, 0.25) is 0 Å². The third-order valence-corrected chi connectivity index (χ3v) is 4.11. The first-order valence-electron chi connectivity index (χ1n) is 5.76. The van der Waals surface area contributed by atoms with Gasteiger partial charge < -0.3 is 10.6 Å². The number of nitrogens with zero attached hydrogens (tertiary/aromatic N) is 1. The van der Waals surface area contributed by atoms with Crippen molar-refractivity contribution in [3.63, 3.8) is 0 Å². The molecule has 2 heterocycles. The maximum Gasteiger partial charge on any atom is 0.253 e. The van der Waals surface area contributed by atoms with Gasteiger partial charge in [-0.15, -0.1) is 23.7 Å². The van der Waals surface area contributed by atoms with Crippen molar-refractivity contribution in [3.05, 3.63) is 35.2 Å². The lowest BCUT2D eigenvalue weighted by atomic mass is 10.1. The van der Waals surface area contributed by atoms with Crippen LogP contribution in [0.4, 0.5) is 0 Å². The maximum atomic E-state index is 12.2. The fourth-order valence-corrected chi connectivity index (χ4v) is 3.02. The van der Waals surface area contributed by atoms with Crippen LogP contribution >= 0.6 is 23.7 Å². The van der Waals surface area contributed by atoms with Crippen molar-refractivity contribution in [2.75, 3.05) is 13.1 Å². The van der Waals surface area contributed by atoms with Gasteiger partial charge in [0, 0.05) is 29.4 Å². The molecule has 1 amide bonds. The summed E-state index contributed by atoms with van der Waals surface area (Å²) >= 11 is 1.70. The number of amides is 1. The first-order valence-corrected chi connectivity index (χ1v) is 6.64. The summed E-state index contributed by atoms with van der Waals surface area (Å²) in [6.07, 6.45) is 0.909. The quantitative estimate of drug-likeness (QED) is 0.873. The number of hydrogen-bond donors (Lipinski definition) is 1. The number of rotatable bonds is 1. The highest BCUT2D eigenvalue weighted by Gasteiger charge is 2.24. The summed E-state index contributed by atoms with van der Waals surface area (Å²) in [5.41, 5.74) is 6.59. The minimum atomic E-state index is 0. The van der Waals surface area contributed by atoms with E-state index in [1.807, 2.05) is 34.5 Å². The number of carbonyl (C=O) groups excluding carboxylic acids is 1. The molecule has 96 valence electrons. The largest absolute Gasteiger partial charge is 0.337 e. The first-order chi connectivity index (χ1) is 8.24. The predicted molar refractivity (Wildman–Crippen MR) is 77.6 cm³/mol. The molecule has 0 saturated carbocycles. The third kappa shape index (κ3) is 2.36. The Kier molecular flexibility index (Phi) is 3.90. The van der Waals surface area contributed by atoms with Gasteiger partial charge in [0.2, 0.25) is 0 Å². The van der Waals surface area contributed by atoms with E-state index >= 15 is 0 Å². The molecule has 3 rings (SSSR count). The summed E-state index contributed by atoms with van der Waals surface area (Å²) < 4.78 is 1.22. The summed E-state index contributed by atoms with van der Waals surface area (Å²) in [5, 5.41) is 3.19. The molecule has 0 spiro atoms. The minimum Gasteiger partial charge on any atom is -0.337 e. The van der Waals surface area contributed by atoms with E-state index in [-0.39, 0.29) is 24.4 Å². The zero-order valence-electron chi connectivity index (χ0n) is 9.83. The molecule has 1 aromatic heterocycles. The van der Waals surface area contributed by atoms with Crippen LogP contribution in [0.1, 0.15) is 16.8 Å². The Balaban J connectivity index is 0.00000120. The Morgan fingerprint density at radius 3 is 2.94 bits per heavy atom. The number of nitrogens with two attached hydrogens (primary N) is 1. The van der Waals surface area contributed by atoms with E-state index in [0.717, 1.165) is 23.9 Å². The van der Waals surface area contributed by atoms with E-state index < -0.39 is 0 Å². The second kappa shape index (κ2) is 5.26. The van der Waals surface area contributed by atoms with E-state index in [4.69, 9.17) is 5.73 Å². The summed E-state index contributed by atoms with van der Waals surface area (Å²) in [4.78, 5) is 14.1. The third-order valence-electron chi connectivity index (χ3n) is 3.21. The summed E-state index contributed by atoms with van der Waals surface area (Å²) in [5.74, 6) is 0.103. The molecule has 3 nitrogen and oxygen atoms in total. The summed E-state index contributed by atoms with van der Waals surface area (Å²) in [6.45, 7) is 1.46. The van der Waals surface area contributed by atoms with Crippen LogP contribution in [0.5, 0.6) is 0 Å². The summed E-state index contributed by atoms with van der Waals surface area (Å²) in [6, 6.07) is 8.09. The first kappa shape index (κ1) is 13.3. The minimum absolute atomic E-state index is 0. The molecule has 0 aliphatic carbocycles. The predicted octanol–water partition coefficient (Wildman–Crippen LogP) is 2.50. The highest BCUT2D eigenvalue weighted by molar-refractivity contribution is 7.17. The van der Waals surface area contributed by atoms with Crippen LogP contribution < -0.4 is 5.73 Å². The van der Waals surface area contributed by atoms with Crippen molar-refractivity contribution in [1.29, 1.82) is 0 Å². The molecule has 1 atom stereocenters. The molecule has 5 heteroatoms. The van der Waals surface area contributed by atoms with Gasteiger partial charge in [0.05, 0.1) is 0 Å². The van der Waals surface area contributed by atoms with Gasteiger partial charge in [0.25, 0.3) is 5.91 Å². The molecular weight excluding hydrogens is 268 g/mol. The van der Waals surface area contributed by atoms with Gasteiger partial charge in [-0.05, 0) is 41.5 Å². The molecule has 1 saturated heterocycles. The van der Waals surface area contributed by atoms with E-state index in [0.29, 0.717) is 6.54 Å². The van der Waals surface area contributed by atoms with Gasteiger partial charge in [-0.25, -0.2) is 0 Å². The molecular formula is C13H15ClN2OS. The van der Waals surface area contributed by atoms with Crippen molar-refractivity contribution in [2.24, 2.45) is 5.73 Å². The fraction of sp³-hybridized carbons (Fsp3) is 0.308. The number of likely N-dealkylation sites (tertiary alicyclic amines) is 1. The van der Waals surface area contributed by atoms with Crippen LogP contribution in [-0.4, -0.2) is 29.9 Å². The Hall–Kier alpha value is -1.10. The second-order valence-corrected chi connectivity index (χ2v) is 5.42. The maximum absolute atomic E-state index is 12.2. The van der Waals surface area contributed by atoms with Gasteiger partial charge in [0.15, 0.2) is 0 Å². The molecule has 1 aliphatic heterocycles. The SMILES string of the molecule is Cl.NC1CCN(C(=O)c2ccc3sccc3c2)C1. The Morgan fingerprint density at radius 2 is 2.22 bits per heavy atom. The zero-order valence-corrected chi connectivity index (χ0v) is 11.5. The Bertz CT molecular complexity index is 569. The van der Waals surface area contributed by atoms with Crippen LogP contribution in [0.25, 0.3) is 10.1 Å². The monoisotopic (exact) mass is 282 g/mol. The number of fused-ring (bicyclic) bond motifs is 1. The standard InChI is InChI=1S/C13H14N2OS.ClH/c14-11-3-5-15(8-11)13(16)10-1-2-12-9(7-10)4-6-17-12;/h1-2,4,6-7,11H,3,5,8,14H2;1H. The smallest absolute Gasteiger partial charge is 0.253 e. The van der Waals surface area contributed by atoms with Crippen LogP contribution in [0.15, 0.2) is 29.6 Å². The normalized spacial score (nSPS) is 18.9.